The smallest absolute Gasteiger partial charge is 0.408 e. The summed E-state index contributed by atoms with van der Waals surface area (Å²) in [6.07, 6.45) is 1.40. The molecule has 0 saturated carbocycles. The van der Waals surface area contributed by atoms with Crippen LogP contribution in [0.4, 0.5) is 10.5 Å². The van der Waals surface area contributed by atoms with Gasteiger partial charge in [-0.15, -0.1) is 0 Å². The molecular formula is C19H20Br2N2O3. The lowest BCUT2D eigenvalue weighted by Gasteiger charge is -2.44. The quantitative estimate of drug-likeness (QED) is 0.508. The van der Waals surface area contributed by atoms with Gasteiger partial charge in [0.2, 0.25) is 0 Å². The van der Waals surface area contributed by atoms with E-state index in [9.17, 15) is 4.79 Å². The van der Waals surface area contributed by atoms with Gasteiger partial charge in [0, 0.05) is 15.6 Å². The topological polar surface area (TPSA) is 50.8 Å². The molecule has 1 atom stereocenters. The number of carbonyl (C=O) groups excluding carboxylic acids is 1. The maximum absolute atomic E-state index is 12.7. The zero-order valence-corrected chi connectivity index (χ0v) is 17.8. The van der Waals surface area contributed by atoms with Gasteiger partial charge in [0.15, 0.2) is 5.72 Å². The number of carbonyl (C=O) groups is 1. The Kier molecular flexibility index (Phi) is 5.89. The van der Waals surface area contributed by atoms with Gasteiger partial charge in [-0.25, -0.2) is 4.79 Å². The Morgan fingerprint density at radius 2 is 1.85 bits per heavy atom. The summed E-state index contributed by atoms with van der Waals surface area (Å²) in [6.45, 7) is 4.51. The van der Waals surface area contributed by atoms with Gasteiger partial charge in [0.05, 0.1) is 11.3 Å². The van der Waals surface area contributed by atoms with Crippen molar-refractivity contribution in [3.05, 3.63) is 57.0 Å². The van der Waals surface area contributed by atoms with Crippen molar-refractivity contribution in [2.45, 2.75) is 32.4 Å². The van der Waals surface area contributed by atoms with Crippen molar-refractivity contribution in [1.29, 1.82) is 0 Å². The Balaban J connectivity index is 1.99. The summed E-state index contributed by atoms with van der Waals surface area (Å²) in [5.41, 5.74) is 3.67. The van der Waals surface area contributed by atoms with Gasteiger partial charge < -0.3 is 9.47 Å². The summed E-state index contributed by atoms with van der Waals surface area (Å²) in [5, 5.41) is 1.40. The first kappa shape index (κ1) is 19.2. The van der Waals surface area contributed by atoms with Crippen molar-refractivity contribution in [3.63, 3.8) is 0 Å². The molecule has 2 aromatic rings. The first-order chi connectivity index (χ1) is 12.4. The third kappa shape index (κ3) is 3.89. The average molecular weight is 484 g/mol. The van der Waals surface area contributed by atoms with E-state index in [0.717, 1.165) is 33.0 Å². The number of fused-ring (bicyclic) bond motifs is 1. The summed E-state index contributed by atoms with van der Waals surface area (Å²) in [6, 6.07) is 13.1. The first-order valence-electron chi connectivity index (χ1n) is 8.42. The molecule has 1 aliphatic heterocycles. The van der Waals surface area contributed by atoms with E-state index in [1.165, 1.54) is 5.01 Å². The van der Waals surface area contributed by atoms with Gasteiger partial charge in [0.1, 0.15) is 5.75 Å². The number of nitrogens with zero attached hydrogens (tertiary/aromatic N) is 1. The number of hydrazine groups is 1. The van der Waals surface area contributed by atoms with E-state index in [2.05, 4.69) is 44.2 Å². The summed E-state index contributed by atoms with van der Waals surface area (Å²) in [5.74, 6) is 0.506. The lowest BCUT2D eigenvalue weighted by atomic mass is 10.0. The van der Waals surface area contributed by atoms with E-state index in [4.69, 9.17) is 9.47 Å². The molecule has 2 aromatic carbocycles. The van der Waals surface area contributed by atoms with Gasteiger partial charge >= 0.3 is 6.09 Å². The lowest BCUT2D eigenvalue weighted by molar-refractivity contribution is -0.135. The predicted octanol–water partition coefficient (Wildman–Crippen LogP) is 6.04. The predicted molar refractivity (Wildman–Crippen MR) is 108 cm³/mol. The second-order valence-corrected chi connectivity index (χ2v) is 7.98. The minimum atomic E-state index is -1.00. The maximum atomic E-state index is 12.7. The lowest BCUT2D eigenvalue weighted by Crippen LogP contribution is -2.56. The van der Waals surface area contributed by atoms with Crippen molar-refractivity contribution in [3.8, 4) is 5.75 Å². The minimum Gasteiger partial charge on any atom is -0.408 e. The Bertz CT molecular complexity index is 798. The molecule has 0 aromatic heterocycles. The molecule has 7 heteroatoms. The highest BCUT2D eigenvalue weighted by Crippen LogP contribution is 2.42. The van der Waals surface area contributed by atoms with E-state index >= 15 is 0 Å². The number of rotatable bonds is 6. The minimum absolute atomic E-state index is 0.506. The maximum Gasteiger partial charge on any atom is 0.437 e. The van der Waals surface area contributed by atoms with E-state index in [-0.39, 0.29) is 0 Å². The van der Waals surface area contributed by atoms with Crippen LogP contribution in [0.1, 0.15) is 32.3 Å². The highest BCUT2D eigenvalue weighted by Gasteiger charge is 2.46. The summed E-state index contributed by atoms with van der Waals surface area (Å²) in [7, 11) is 0. The van der Waals surface area contributed by atoms with Gasteiger partial charge in [-0.2, -0.15) is 5.01 Å². The normalized spacial score (nSPS) is 19.1. The Morgan fingerprint density at radius 3 is 2.54 bits per heavy atom. The van der Waals surface area contributed by atoms with Crippen LogP contribution in [-0.4, -0.2) is 17.7 Å². The third-order valence-electron chi connectivity index (χ3n) is 4.21. The fourth-order valence-electron chi connectivity index (χ4n) is 2.75. The number of hydrogen-bond donors (Lipinski definition) is 1. The first-order valence-corrected chi connectivity index (χ1v) is 10.0. The largest absolute Gasteiger partial charge is 0.437 e. The molecule has 0 fully saturated rings. The van der Waals surface area contributed by atoms with E-state index in [0.29, 0.717) is 12.4 Å². The molecule has 0 bridgehead atoms. The van der Waals surface area contributed by atoms with Gasteiger partial charge in [-0.3, -0.25) is 5.43 Å². The third-order valence-corrected chi connectivity index (χ3v) is 5.24. The van der Waals surface area contributed by atoms with Crippen molar-refractivity contribution in [2.24, 2.45) is 0 Å². The van der Waals surface area contributed by atoms with Crippen LogP contribution in [0, 0.1) is 0 Å². The molecule has 5 nitrogen and oxygen atoms in total. The Morgan fingerprint density at radius 1 is 1.15 bits per heavy atom. The van der Waals surface area contributed by atoms with Crippen LogP contribution in [0.5, 0.6) is 5.75 Å². The van der Waals surface area contributed by atoms with Gasteiger partial charge in [-0.1, -0.05) is 45.2 Å². The molecule has 0 unspecified atom stereocenters. The summed E-state index contributed by atoms with van der Waals surface area (Å²) < 4.78 is 13.6. The monoisotopic (exact) mass is 482 g/mol. The molecule has 138 valence electrons. The van der Waals surface area contributed by atoms with E-state index < -0.39 is 11.8 Å². The van der Waals surface area contributed by atoms with Crippen LogP contribution in [-0.2, 0) is 10.5 Å². The molecule has 26 heavy (non-hydrogen) atoms. The number of anilines is 1. The number of unbranched alkanes of at least 4 members (excludes halogenated alkanes) is 1. The van der Waals surface area contributed by atoms with Crippen LogP contribution in [0.3, 0.4) is 0 Å². The standard InChI is InChI=1S/C19H20Br2N2O3/c1-3-4-11-25-19(2)16-12-14(21)7-10-17(16)26-18(24)23(19)22-15-8-5-13(20)6-9-15/h5-10,12,22H,3-4,11H2,1-2H3/t19-/m0/s1. The average Bonchev–Trinajstić information content (AvgIpc) is 2.61. The summed E-state index contributed by atoms with van der Waals surface area (Å²) in [4.78, 5) is 12.7. The molecule has 0 radical (unpaired) electrons. The number of ether oxygens (including phenoxy) is 2. The van der Waals surface area contributed by atoms with Crippen molar-refractivity contribution in [2.75, 3.05) is 12.0 Å². The fraction of sp³-hybridized carbons (Fsp3) is 0.316. The van der Waals surface area contributed by atoms with Gasteiger partial charge in [0.25, 0.3) is 0 Å². The molecule has 1 heterocycles. The Labute approximate surface area is 169 Å². The summed E-state index contributed by atoms with van der Waals surface area (Å²) >= 11 is 6.91. The van der Waals surface area contributed by atoms with Gasteiger partial charge in [-0.05, 0) is 55.8 Å². The molecule has 0 aliphatic carbocycles. The van der Waals surface area contributed by atoms with Crippen LogP contribution in [0.2, 0.25) is 0 Å². The zero-order valence-electron chi connectivity index (χ0n) is 14.6. The second-order valence-electron chi connectivity index (χ2n) is 6.15. The van der Waals surface area contributed by atoms with Crippen molar-refractivity contribution < 1.29 is 14.3 Å². The number of hydrogen-bond acceptors (Lipinski definition) is 4. The highest BCUT2D eigenvalue weighted by atomic mass is 79.9. The van der Waals surface area contributed by atoms with Crippen molar-refractivity contribution in [1.82, 2.24) is 5.01 Å². The second kappa shape index (κ2) is 7.98. The SMILES string of the molecule is CCCCO[C@@]1(C)c2cc(Br)ccc2OC(=O)N1Nc1ccc(Br)cc1. The molecule has 1 N–H and O–H groups in total. The Hall–Kier alpha value is -1.57. The number of nitrogens with one attached hydrogen (secondary N) is 1. The highest BCUT2D eigenvalue weighted by molar-refractivity contribution is 9.10. The van der Waals surface area contributed by atoms with Crippen LogP contribution >= 0.6 is 31.9 Å². The van der Waals surface area contributed by atoms with Crippen LogP contribution in [0.15, 0.2) is 51.4 Å². The molecule has 0 spiro atoms. The van der Waals surface area contributed by atoms with Crippen molar-refractivity contribution >= 4 is 43.6 Å². The number of halogens is 2. The number of amides is 1. The molecule has 1 aliphatic rings. The van der Waals surface area contributed by atoms with E-state index in [1.54, 1.807) is 6.07 Å². The van der Waals surface area contributed by atoms with E-state index in [1.807, 2.05) is 43.3 Å². The molecule has 1 amide bonds. The zero-order chi connectivity index (χ0) is 18.7. The molecule has 3 rings (SSSR count). The number of benzene rings is 2. The van der Waals surface area contributed by atoms with Crippen LogP contribution < -0.4 is 10.2 Å². The molecular weight excluding hydrogens is 464 g/mol. The molecule has 0 saturated heterocycles. The van der Waals surface area contributed by atoms with Crippen LogP contribution in [0.25, 0.3) is 0 Å². The fourth-order valence-corrected chi connectivity index (χ4v) is 3.38.